The largest absolute Gasteiger partial charge is 0.310 e. The molecule has 1 fully saturated rings. The molecule has 4 nitrogen and oxygen atoms in total. The fourth-order valence-electron chi connectivity index (χ4n) is 1.84. The summed E-state index contributed by atoms with van der Waals surface area (Å²) < 4.78 is 41.0. The summed E-state index contributed by atoms with van der Waals surface area (Å²) in [6, 6.07) is 4.22. The maximum Gasteiger partial charge on any atom is 0.240 e. The summed E-state index contributed by atoms with van der Waals surface area (Å²) in [7, 11) is -3.61. The first-order chi connectivity index (χ1) is 9.79. The lowest BCUT2D eigenvalue weighted by Crippen LogP contribution is -2.36. The van der Waals surface area contributed by atoms with Crippen LogP contribution in [0.3, 0.4) is 0 Å². The molecule has 1 atom stereocenters. The van der Waals surface area contributed by atoms with E-state index in [0.717, 1.165) is 12.8 Å². The lowest BCUT2D eigenvalue weighted by atomic mass is 10.1. The van der Waals surface area contributed by atoms with Crippen molar-refractivity contribution in [3.05, 3.63) is 29.6 Å². The van der Waals surface area contributed by atoms with Gasteiger partial charge in [-0.1, -0.05) is 13.8 Å². The van der Waals surface area contributed by atoms with Gasteiger partial charge in [-0.3, -0.25) is 0 Å². The summed E-state index contributed by atoms with van der Waals surface area (Å²) >= 11 is 0. The van der Waals surface area contributed by atoms with Crippen LogP contribution in [0.2, 0.25) is 0 Å². The van der Waals surface area contributed by atoms with Gasteiger partial charge in [0.1, 0.15) is 5.82 Å². The fourth-order valence-corrected chi connectivity index (χ4v) is 3.29. The summed E-state index contributed by atoms with van der Waals surface area (Å²) in [6.45, 7) is 6.08. The molecule has 0 spiro atoms. The molecule has 0 bridgehead atoms. The first kappa shape index (κ1) is 16.4. The van der Waals surface area contributed by atoms with Crippen molar-refractivity contribution in [1.29, 1.82) is 0 Å². The first-order valence-electron chi connectivity index (χ1n) is 7.33. The maximum atomic E-state index is 13.8. The Kier molecular flexibility index (Phi) is 5.01. The molecule has 1 aliphatic carbocycles. The molecular weight excluding hydrogens is 291 g/mol. The lowest BCUT2D eigenvalue weighted by Gasteiger charge is -2.18. The molecular formula is C15H23FN2O2S. The van der Waals surface area contributed by atoms with Crippen LogP contribution in [-0.4, -0.2) is 20.5 Å². The van der Waals surface area contributed by atoms with E-state index >= 15 is 0 Å². The predicted molar refractivity (Wildman–Crippen MR) is 80.9 cm³/mol. The highest BCUT2D eigenvalue weighted by Crippen LogP contribution is 2.21. The average Bonchev–Trinajstić information content (AvgIpc) is 3.21. The molecule has 1 aromatic rings. The van der Waals surface area contributed by atoms with E-state index in [-0.39, 0.29) is 22.7 Å². The summed E-state index contributed by atoms with van der Waals surface area (Å²) in [5.74, 6) is -0.185. The zero-order valence-electron chi connectivity index (χ0n) is 12.7. The Morgan fingerprint density at radius 3 is 2.52 bits per heavy atom. The zero-order chi connectivity index (χ0) is 15.6. The molecule has 1 aromatic carbocycles. The lowest BCUT2D eigenvalue weighted by molar-refractivity contribution is 0.476. The number of benzene rings is 1. The van der Waals surface area contributed by atoms with Crippen molar-refractivity contribution in [2.45, 2.75) is 57.1 Å². The number of rotatable bonds is 7. The highest BCUT2D eigenvalue weighted by atomic mass is 32.2. The second-order valence-electron chi connectivity index (χ2n) is 6.06. The summed E-state index contributed by atoms with van der Waals surface area (Å²) in [5.41, 5.74) is 0.391. The van der Waals surface area contributed by atoms with E-state index in [1.54, 1.807) is 0 Å². The zero-order valence-corrected chi connectivity index (χ0v) is 13.5. The van der Waals surface area contributed by atoms with Gasteiger partial charge in [0.15, 0.2) is 0 Å². The van der Waals surface area contributed by atoms with Gasteiger partial charge in [-0.05, 0) is 43.9 Å². The third-order valence-electron chi connectivity index (χ3n) is 3.83. The smallest absolute Gasteiger partial charge is 0.240 e. The molecule has 1 saturated carbocycles. The van der Waals surface area contributed by atoms with Gasteiger partial charge >= 0.3 is 0 Å². The third kappa shape index (κ3) is 4.49. The standard InChI is InChI=1S/C15H23FN2O2S/c1-10(2)11(3)18-21(19,20)14-6-7-15(16)12(8-14)9-17-13-4-5-13/h6-8,10-11,13,17-18H,4-5,9H2,1-3H3. The Morgan fingerprint density at radius 2 is 1.95 bits per heavy atom. The molecule has 118 valence electrons. The van der Waals surface area contributed by atoms with Crippen LogP contribution in [0.1, 0.15) is 39.2 Å². The SMILES string of the molecule is CC(C)C(C)NS(=O)(=O)c1ccc(F)c(CNC2CC2)c1. The van der Waals surface area contributed by atoms with Gasteiger partial charge in [-0.25, -0.2) is 17.5 Å². The van der Waals surface area contributed by atoms with E-state index in [1.165, 1.54) is 18.2 Å². The van der Waals surface area contributed by atoms with Crippen molar-refractivity contribution in [1.82, 2.24) is 10.0 Å². The Labute approximate surface area is 126 Å². The molecule has 2 N–H and O–H groups in total. The molecule has 0 radical (unpaired) electrons. The predicted octanol–water partition coefficient (Wildman–Crippen LogP) is 2.40. The van der Waals surface area contributed by atoms with Gasteiger partial charge in [0.25, 0.3) is 0 Å². The van der Waals surface area contributed by atoms with E-state index in [0.29, 0.717) is 18.2 Å². The molecule has 0 aliphatic heterocycles. The molecule has 6 heteroatoms. The van der Waals surface area contributed by atoms with E-state index in [4.69, 9.17) is 0 Å². The Balaban J connectivity index is 2.15. The van der Waals surface area contributed by atoms with Crippen molar-refractivity contribution in [3.8, 4) is 0 Å². The minimum Gasteiger partial charge on any atom is -0.310 e. The highest BCUT2D eigenvalue weighted by molar-refractivity contribution is 7.89. The summed E-state index contributed by atoms with van der Waals surface area (Å²) in [6.07, 6.45) is 2.21. The van der Waals surface area contributed by atoms with Crippen LogP contribution in [0.15, 0.2) is 23.1 Å². The van der Waals surface area contributed by atoms with Gasteiger partial charge < -0.3 is 5.32 Å². The second kappa shape index (κ2) is 6.42. The van der Waals surface area contributed by atoms with Gasteiger partial charge in [-0.15, -0.1) is 0 Å². The minimum atomic E-state index is -3.61. The van der Waals surface area contributed by atoms with E-state index < -0.39 is 10.0 Å². The van der Waals surface area contributed by atoms with Crippen LogP contribution in [-0.2, 0) is 16.6 Å². The van der Waals surface area contributed by atoms with E-state index in [1.807, 2.05) is 20.8 Å². The molecule has 0 amide bonds. The van der Waals surface area contributed by atoms with Crippen molar-refractivity contribution in [2.75, 3.05) is 0 Å². The van der Waals surface area contributed by atoms with Crippen LogP contribution >= 0.6 is 0 Å². The average molecular weight is 314 g/mol. The Bertz CT molecular complexity index is 598. The van der Waals surface area contributed by atoms with Crippen LogP contribution in [0.5, 0.6) is 0 Å². The number of halogens is 1. The number of sulfonamides is 1. The molecule has 21 heavy (non-hydrogen) atoms. The minimum absolute atomic E-state index is 0.115. The van der Waals surface area contributed by atoms with Crippen LogP contribution in [0.4, 0.5) is 4.39 Å². The molecule has 0 heterocycles. The van der Waals surface area contributed by atoms with Crippen LogP contribution < -0.4 is 10.0 Å². The topological polar surface area (TPSA) is 58.2 Å². The van der Waals surface area contributed by atoms with Gasteiger partial charge in [0, 0.05) is 24.2 Å². The van der Waals surface area contributed by atoms with Gasteiger partial charge in [-0.2, -0.15) is 0 Å². The normalized spacial score (nSPS) is 17.2. The number of hydrogen-bond acceptors (Lipinski definition) is 3. The van der Waals surface area contributed by atoms with Gasteiger partial charge in [0.05, 0.1) is 4.90 Å². The maximum absolute atomic E-state index is 13.8. The molecule has 0 aromatic heterocycles. The van der Waals surface area contributed by atoms with Crippen molar-refractivity contribution in [2.24, 2.45) is 5.92 Å². The van der Waals surface area contributed by atoms with Crippen LogP contribution in [0, 0.1) is 11.7 Å². The molecule has 1 aliphatic rings. The summed E-state index contributed by atoms with van der Waals surface area (Å²) in [5, 5.41) is 3.20. The molecule has 1 unspecified atom stereocenters. The second-order valence-corrected chi connectivity index (χ2v) is 7.78. The number of nitrogens with one attached hydrogen (secondary N) is 2. The first-order valence-corrected chi connectivity index (χ1v) is 8.82. The van der Waals surface area contributed by atoms with Crippen molar-refractivity contribution < 1.29 is 12.8 Å². The van der Waals surface area contributed by atoms with Crippen molar-refractivity contribution in [3.63, 3.8) is 0 Å². The monoisotopic (exact) mass is 314 g/mol. The molecule has 0 saturated heterocycles. The molecule has 2 rings (SSSR count). The summed E-state index contributed by atoms with van der Waals surface area (Å²) in [4.78, 5) is 0.115. The fraction of sp³-hybridized carbons (Fsp3) is 0.600. The van der Waals surface area contributed by atoms with E-state index in [2.05, 4.69) is 10.0 Å². The Morgan fingerprint density at radius 1 is 1.29 bits per heavy atom. The quantitative estimate of drug-likeness (QED) is 0.812. The third-order valence-corrected chi connectivity index (χ3v) is 5.38. The number of hydrogen-bond donors (Lipinski definition) is 2. The highest BCUT2D eigenvalue weighted by Gasteiger charge is 2.23. The van der Waals surface area contributed by atoms with Crippen molar-refractivity contribution >= 4 is 10.0 Å². The Hall–Kier alpha value is -0.980. The van der Waals surface area contributed by atoms with E-state index in [9.17, 15) is 12.8 Å². The van der Waals surface area contributed by atoms with Crippen LogP contribution in [0.25, 0.3) is 0 Å². The van der Waals surface area contributed by atoms with Gasteiger partial charge in [0.2, 0.25) is 10.0 Å².